The van der Waals surface area contributed by atoms with E-state index >= 15 is 0 Å². The lowest BCUT2D eigenvalue weighted by molar-refractivity contribution is -0.148. The Kier molecular flexibility index (Phi) is 5.42. The summed E-state index contributed by atoms with van der Waals surface area (Å²) >= 11 is 0. The van der Waals surface area contributed by atoms with Crippen molar-refractivity contribution < 1.29 is 9.32 Å². The van der Waals surface area contributed by atoms with Crippen molar-refractivity contribution in [2.45, 2.75) is 25.8 Å². The summed E-state index contributed by atoms with van der Waals surface area (Å²) in [6.45, 7) is 10.1. The van der Waals surface area contributed by atoms with Crippen molar-refractivity contribution >= 4 is 24.6 Å². The van der Waals surface area contributed by atoms with Gasteiger partial charge in [-0.25, -0.2) is 5.06 Å². The second-order valence-corrected chi connectivity index (χ2v) is 11.0. The fraction of sp³-hybridized carbons (Fsp3) is 0.250. The van der Waals surface area contributed by atoms with Gasteiger partial charge in [-0.3, -0.25) is 4.79 Å². The first kappa shape index (κ1) is 18.2. The van der Waals surface area contributed by atoms with Gasteiger partial charge >= 0.3 is 0 Å². The molecule has 3 nitrogen and oxygen atoms in total. The van der Waals surface area contributed by atoms with E-state index in [2.05, 4.69) is 51.6 Å². The van der Waals surface area contributed by atoms with Crippen LogP contribution in [0.15, 0.2) is 73.3 Å². The second-order valence-electron chi connectivity index (χ2n) is 6.79. The van der Waals surface area contributed by atoms with Gasteiger partial charge in [-0.15, -0.1) is 0 Å². The third-order valence-corrected chi connectivity index (χ3v) is 9.13. The summed E-state index contributed by atoms with van der Waals surface area (Å²) in [5.41, 5.74) is 0. The second kappa shape index (κ2) is 7.15. The molecule has 0 spiro atoms. The molecule has 0 saturated carbocycles. The minimum absolute atomic E-state index is 0.175. The number of hydroxylamine groups is 2. The van der Waals surface area contributed by atoms with Crippen LogP contribution in [0.4, 0.5) is 0 Å². The molecule has 0 bridgehead atoms. The van der Waals surface area contributed by atoms with Gasteiger partial charge < -0.3 is 4.53 Å². The average molecular weight is 340 g/mol. The summed E-state index contributed by atoms with van der Waals surface area (Å²) in [6, 6.07) is 20.4. The molecule has 0 heterocycles. The Balaban J connectivity index is 2.70. The normalized spacial score (nSPS) is 11.8. The van der Waals surface area contributed by atoms with Gasteiger partial charge in [0.2, 0.25) is 0 Å². The molecule has 0 aliphatic carbocycles. The highest BCUT2D eigenvalue weighted by Crippen LogP contribution is 2.37. The molecule has 2 rings (SSSR count). The molecule has 0 fully saturated rings. The molecule has 0 aromatic heterocycles. The number of carbonyl (C=O) groups excluding carboxylic acids is 1. The standard InChI is InChI=1S/C20H25NO2Si/c1-6-19(22)21(5)23-24(20(2,3)4,17-13-9-7-10-14-17)18-15-11-8-12-16-18/h6-16H,1H2,2-5H3. The summed E-state index contributed by atoms with van der Waals surface area (Å²) in [5, 5.41) is 3.41. The third kappa shape index (κ3) is 3.35. The average Bonchev–Trinajstić information content (AvgIpc) is 2.59. The van der Waals surface area contributed by atoms with Crippen LogP contribution in [0, 0.1) is 0 Å². The summed E-state index contributed by atoms with van der Waals surface area (Å²) in [5.74, 6) is -0.247. The Bertz CT molecular complexity index is 653. The van der Waals surface area contributed by atoms with E-state index in [1.54, 1.807) is 7.05 Å². The number of nitrogens with zero attached hydrogens (tertiary/aromatic N) is 1. The molecular formula is C20H25NO2Si. The summed E-state index contributed by atoms with van der Waals surface area (Å²) in [4.78, 5) is 12.1. The third-order valence-electron chi connectivity index (χ3n) is 4.18. The van der Waals surface area contributed by atoms with Gasteiger partial charge in [0.1, 0.15) is 0 Å². The van der Waals surface area contributed by atoms with Crippen LogP contribution in [0.1, 0.15) is 20.8 Å². The topological polar surface area (TPSA) is 29.5 Å². The number of amides is 1. The van der Waals surface area contributed by atoms with Gasteiger partial charge in [0.05, 0.1) is 0 Å². The van der Waals surface area contributed by atoms with E-state index in [1.165, 1.54) is 11.1 Å². The fourth-order valence-corrected chi connectivity index (χ4v) is 7.37. The van der Waals surface area contributed by atoms with E-state index in [0.717, 1.165) is 10.4 Å². The number of hydrogen-bond donors (Lipinski definition) is 0. The predicted octanol–water partition coefficient (Wildman–Crippen LogP) is 3.12. The Hall–Kier alpha value is -2.17. The number of rotatable bonds is 5. The lowest BCUT2D eigenvalue weighted by atomic mass is 10.2. The van der Waals surface area contributed by atoms with E-state index in [4.69, 9.17) is 4.53 Å². The van der Waals surface area contributed by atoms with Crippen LogP contribution in [-0.4, -0.2) is 26.3 Å². The molecule has 2 aromatic rings. The Labute approximate surface area is 145 Å². The number of hydrogen-bond acceptors (Lipinski definition) is 2. The molecule has 2 aromatic carbocycles. The van der Waals surface area contributed by atoms with E-state index in [1.807, 2.05) is 36.4 Å². The van der Waals surface area contributed by atoms with Gasteiger partial charge in [-0.05, 0) is 21.5 Å². The lowest BCUT2D eigenvalue weighted by Crippen LogP contribution is -2.68. The molecule has 0 aliphatic rings. The monoisotopic (exact) mass is 339 g/mol. The first-order valence-corrected chi connectivity index (χ1v) is 9.94. The zero-order valence-electron chi connectivity index (χ0n) is 14.8. The predicted molar refractivity (Wildman–Crippen MR) is 102 cm³/mol. The molecule has 0 saturated heterocycles. The van der Waals surface area contributed by atoms with Crippen molar-refractivity contribution in [1.29, 1.82) is 0 Å². The van der Waals surface area contributed by atoms with Crippen molar-refractivity contribution in [3.63, 3.8) is 0 Å². The Morgan fingerprint density at radius 2 is 1.42 bits per heavy atom. The van der Waals surface area contributed by atoms with E-state index in [-0.39, 0.29) is 10.9 Å². The molecule has 0 aliphatic heterocycles. The fourth-order valence-electron chi connectivity index (χ4n) is 3.00. The van der Waals surface area contributed by atoms with Gasteiger partial charge in [0.25, 0.3) is 14.2 Å². The molecule has 4 heteroatoms. The van der Waals surface area contributed by atoms with Crippen molar-refractivity contribution in [1.82, 2.24) is 5.06 Å². The smallest absolute Gasteiger partial charge is 0.296 e. The molecule has 24 heavy (non-hydrogen) atoms. The van der Waals surface area contributed by atoms with E-state index in [0.29, 0.717) is 0 Å². The van der Waals surface area contributed by atoms with Crippen LogP contribution >= 0.6 is 0 Å². The van der Waals surface area contributed by atoms with Crippen LogP contribution in [0.25, 0.3) is 0 Å². The first-order chi connectivity index (χ1) is 11.3. The largest absolute Gasteiger partial charge is 0.305 e. The van der Waals surface area contributed by atoms with E-state index in [9.17, 15) is 4.79 Å². The maximum atomic E-state index is 12.1. The number of benzene rings is 2. The highest BCUT2D eigenvalue weighted by atomic mass is 28.4. The molecule has 0 radical (unpaired) electrons. The van der Waals surface area contributed by atoms with Gasteiger partial charge in [0, 0.05) is 7.05 Å². The molecule has 0 unspecified atom stereocenters. The maximum Gasteiger partial charge on any atom is 0.296 e. The zero-order valence-corrected chi connectivity index (χ0v) is 15.8. The van der Waals surface area contributed by atoms with Gasteiger partial charge in [0.15, 0.2) is 0 Å². The van der Waals surface area contributed by atoms with Crippen LogP contribution < -0.4 is 10.4 Å². The van der Waals surface area contributed by atoms with Crippen molar-refractivity contribution in [2.75, 3.05) is 7.05 Å². The molecule has 0 N–H and O–H groups in total. The van der Waals surface area contributed by atoms with Crippen LogP contribution in [0.3, 0.4) is 0 Å². The van der Waals surface area contributed by atoms with Crippen LogP contribution in [0.2, 0.25) is 5.04 Å². The van der Waals surface area contributed by atoms with Crippen molar-refractivity contribution in [2.24, 2.45) is 0 Å². The Morgan fingerprint density at radius 3 is 1.75 bits per heavy atom. The van der Waals surface area contributed by atoms with Crippen LogP contribution in [-0.2, 0) is 9.32 Å². The minimum atomic E-state index is -2.73. The summed E-state index contributed by atoms with van der Waals surface area (Å²) < 4.78 is 6.48. The molecular weight excluding hydrogens is 314 g/mol. The number of carbonyl (C=O) groups is 1. The SMILES string of the molecule is C=CC(=O)N(C)O[Si](c1ccccc1)(c1ccccc1)C(C)(C)C. The quantitative estimate of drug-likeness (QED) is 0.476. The van der Waals surface area contributed by atoms with Crippen molar-refractivity contribution in [3.05, 3.63) is 73.3 Å². The van der Waals surface area contributed by atoms with E-state index < -0.39 is 8.32 Å². The van der Waals surface area contributed by atoms with Crippen molar-refractivity contribution in [3.8, 4) is 0 Å². The van der Waals surface area contributed by atoms with Crippen LogP contribution in [0.5, 0.6) is 0 Å². The highest BCUT2D eigenvalue weighted by Gasteiger charge is 2.52. The molecule has 0 atom stereocenters. The Morgan fingerprint density at radius 1 is 1.00 bits per heavy atom. The first-order valence-electron chi connectivity index (χ1n) is 8.03. The lowest BCUT2D eigenvalue weighted by Gasteiger charge is -2.44. The van der Waals surface area contributed by atoms with Gasteiger partial charge in [-0.1, -0.05) is 88.0 Å². The molecule has 126 valence electrons. The summed E-state index contributed by atoms with van der Waals surface area (Å²) in [7, 11) is -1.08. The highest BCUT2D eigenvalue weighted by molar-refractivity contribution is 6.99. The minimum Gasteiger partial charge on any atom is -0.305 e. The maximum absolute atomic E-state index is 12.1. The van der Waals surface area contributed by atoms with Gasteiger partial charge in [-0.2, -0.15) is 0 Å². The zero-order chi connectivity index (χ0) is 17.8. The number of likely N-dealkylation sites (N-methyl/N-ethyl adjacent to an activating group) is 1. The molecule has 1 amide bonds. The summed E-state index contributed by atoms with van der Waals surface area (Å²) in [6.07, 6.45) is 1.28.